The Morgan fingerprint density at radius 1 is 0.326 bits per heavy atom. The summed E-state index contributed by atoms with van der Waals surface area (Å²) < 4.78 is 250. The lowest BCUT2D eigenvalue weighted by Crippen LogP contribution is -2.80. The Kier molecular flexibility index (Phi) is 7.60. The van der Waals surface area contributed by atoms with Crippen molar-refractivity contribution in [2.24, 2.45) is 0 Å². The third kappa shape index (κ3) is 4.10. The molecule has 0 aliphatic rings. The maximum absolute atomic E-state index is 15.4. The minimum absolute atomic E-state index is 0.550. The zero-order valence-electron chi connectivity index (χ0n) is 19.6. The lowest BCUT2D eigenvalue weighted by molar-refractivity contribution is 0.379. The van der Waals surface area contributed by atoms with Gasteiger partial charge in [-0.1, -0.05) is 6.07 Å². The third-order valence-corrected chi connectivity index (χ3v) is 6.56. The van der Waals surface area contributed by atoms with E-state index in [4.69, 9.17) is 0 Å². The fourth-order valence-corrected chi connectivity index (χ4v) is 4.79. The van der Waals surface area contributed by atoms with Crippen molar-refractivity contribution >= 4 is 28.0 Å². The third-order valence-electron chi connectivity index (χ3n) is 6.56. The van der Waals surface area contributed by atoms with Crippen LogP contribution in [0.2, 0.25) is 0 Å². The van der Waals surface area contributed by atoms with E-state index in [2.05, 4.69) is 0 Å². The highest BCUT2D eigenvalue weighted by Gasteiger charge is 2.50. The van der Waals surface area contributed by atoms with E-state index in [1.807, 2.05) is 0 Å². The molecule has 0 saturated carbocycles. The zero-order valence-corrected chi connectivity index (χ0v) is 19.6. The fourth-order valence-electron chi connectivity index (χ4n) is 4.79. The molecule has 0 amide bonds. The number of aromatic hydroxyl groups is 1. The lowest BCUT2D eigenvalue weighted by Gasteiger charge is -2.44. The number of halogens is 17. The first kappa shape index (κ1) is 31.5. The molecule has 0 aliphatic carbocycles. The molecule has 1 N–H and O–H groups in total. The van der Waals surface area contributed by atoms with Gasteiger partial charge >= 0.3 is 0 Å². The first-order valence-electron chi connectivity index (χ1n) is 10.7. The van der Waals surface area contributed by atoms with Crippen molar-refractivity contribution in [1.82, 2.24) is 0 Å². The molecule has 19 heteroatoms. The van der Waals surface area contributed by atoms with Crippen molar-refractivity contribution in [2.45, 2.75) is 0 Å². The molecular formula is C24H3BF17O-. The number of benzene rings is 4. The number of phenolic OH excluding ortho intramolecular Hbond substituents is 1. The topological polar surface area (TPSA) is 20.2 Å². The van der Waals surface area contributed by atoms with Gasteiger partial charge in [0.2, 0.25) is 0 Å². The van der Waals surface area contributed by atoms with Gasteiger partial charge in [-0.15, -0.1) is 16.4 Å². The summed E-state index contributed by atoms with van der Waals surface area (Å²) in [6.45, 7) is 0. The predicted molar refractivity (Wildman–Crippen MR) is 111 cm³/mol. The van der Waals surface area contributed by atoms with Crippen LogP contribution in [0.4, 0.5) is 74.6 Å². The second-order valence-electron chi connectivity index (χ2n) is 8.64. The van der Waals surface area contributed by atoms with Gasteiger partial charge in [0, 0.05) is 6.07 Å². The Morgan fingerprint density at radius 3 is 0.814 bits per heavy atom. The summed E-state index contributed by atoms with van der Waals surface area (Å²) >= 11 is 0. The standard InChI is InChI=1S/C24H3BF17O/c26-4-2-6(43)5(27)1-3(4)25(7-10(28)16(34)22(40)17(35)11(7)29,8-12(30)18(36)23(41)19(37)13(8)31)9-14(32)20(38)24(42)21(39)15(9)33/h1-2,43H/q-1. The van der Waals surface area contributed by atoms with E-state index in [9.17, 15) is 49.0 Å². The highest BCUT2D eigenvalue weighted by Crippen LogP contribution is 2.29. The largest absolute Gasteiger partial charge is 0.505 e. The molecular weight excluding hydrogens is 638 g/mol. The number of rotatable bonds is 4. The van der Waals surface area contributed by atoms with Crippen molar-refractivity contribution in [3.05, 3.63) is 111 Å². The molecule has 0 aromatic heterocycles. The average molecular weight is 641 g/mol. The van der Waals surface area contributed by atoms with Gasteiger partial charge in [-0.05, 0) is 0 Å². The second kappa shape index (κ2) is 10.4. The van der Waals surface area contributed by atoms with E-state index in [1.54, 1.807) is 0 Å². The zero-order chi connectivity index (χ0) is 32.6. The van der Waals surface area contributed by atoms with Crippen molar-refractivity contribution in [3.8, 4) is 5.75 Å². The highest BCUT2D eigenvalue weighted by molar-refractivity contribution is 7.20. The smallest absolute Gasteiger partial charge is 0.200 e. The van der Waals surface area contributed by atoms with Gasteiger partial charge in [0.05, 0.1) is 5.82 Å². The van der Waals surface area contributed by atoms with Crippen molar-refractivity contribution in [3.63, 3.8) is 0 Å². The first-order valence-corrected chi connectivity index (χ1v) is 10.7. The fraction of sp³-hybridized carbons (Fsp3) is 0. The maximum Gasteiger partial charge on any atom is 0.200 e. The molecule has 0 spiro atoms. The van der Waals surface area contributed by atoms with E-state index in [-0.39, 0.29) is 0 Å². The van der Waals surface area contributed by atoms with Crippen molar-refractivity contribution in [2.75, 3.05) is 0 Å². The van der Waals surface area contributed by atoms with Gasteiger partial charge in [-0.2, -0.15) is 5.46 Å². The van der Waals surface area contributed by atoms with Crippen molar-refractivity contribution in [1.29, 1.82) is 0 Å². The Hall–Kier alpha value is -4.45. The van der Waals surface area contributed by atoms with Crippen LogP contribution in [0, 0.1) is 98.9 Å². The van der Waals surface area contributed by atoms with Crippen LogP contribution in [0.25, 0.3) is 0 Å². The lowest BCUT2D eigenvalue weighted by atomic mass is 9.12. The Labute approximate surface area is 225 Å². The summed E-state index contributed by atoms with van der Waals surface area (Å²) in [5.41, 5.74) is -12.0. The summed E-state index contributed by atoms with van der Waals surface area (Å²) in [6.07, 6.45) is -6.50. The Morgan fingerprint density at radius 2 is 0.558 bits per heavy atom. The second-order valence-corrected chi connectivity index (χ2v) is 8.64. The van der Waals surface area contributed by atoms with E-state index < -0.39 is 145 Å². The summed E-state index contributed by atoms with van der Waals surface area (Å²) in [6, 6.07) is -1.29. The summed E-state index contributed by atoms with van der Waals surface area (Å²) in [7, 11) is 0. The van der Waals surface area contributed by atoms with E-state index in [0.717, 1.165) is 0 Å². The Balaban J connectivity index is 2.62. The summed E-state index contributed by atoms with van der Waals surface area (Å²) in [4.78, 5) is 0. The van der Waals surface area contributed by atoms with Gasteiger partial charge in [-0.25, -0.2) is 74.6 Å². The normalized spacial score (nSPS) is 11.9. The van der Waals surface area contributed by atoms with Gasteiger partial charge < -0.3 is 5.11 Å². The van der Waals surface area contributed by atoms with Crippen LogP contribution < -0.4 is 21.9 Å². The SMILES string of the molecule is Oc1cc(F)c([B-](c2c(F)c(F)c(F)c(F)c2F)(c2c(F)c(F)c(F)c(F)c2F)c2c(F)c(F)c(F)c(F)c2F)cc1F. The number of phenols is 1. The van der Waals surface area contributed by atoms with Gasteiger partial charge in [0.1, 0.15) is 41.0 Å². The molecule has 228 valence electrons. The summed E-state index contributed by atoms with van der Waals surface area (Å²) in [5, 5.41) is 9.44. The molecule has 1 nitrogen and oxygen atoms in total. The van der Waals surface area contributed by atoms with Crippen LogP contribution in [-0.4, -0.2) is 11.3 Å². The maximum atomic E-state index is 15.4. The summed E-state index contributed by atoms with van der Waals surface area (Å²) in [5.74, 6) is -56.5. The van der Waals surface area contributed by atoms with Crippen LogP contribution in [0.15, 0.2) is 12.1 Å². The molecule has 43 heavy (non-hydrogen) atoms. The molecule has 0 atom stereocenters. The number of hydrogen-bond acceptors (Lipinski definition) is 1. The molecule has 0 fully saturated rings. The van der Waals surface area contributed by atoms with Gasteiger partial charge in [-0.3, -0.25) is 0 Å². The minimum atomic E-state index is -6.50. The van der Waals surface area contributed by atoms with Crippen molar-refractivity contribution < 1.29 is 79.7 Å². The van der Waals surface area contributed by atoms with Gasteiger partial charge in [0.25, 0.3) is 0 Å². The number of hydrogen-bond donors (Lipinski definition) is 1. The van der Waals surface area contributed by atoms with Gasteiger partial charge in [0.15, 0.2) is 63.9 Å². The van der Waals surface area contributed by atoms with Crippen LogP contribution in [0.1, 0.15) is 0 Å². The monoisotopic (exact) mass is 641 g/mol. The molecule has 4 rings (SSSR count). The van der Waals surface area contributed by atoms with Crippen LogP contribution in [-0.2, 0) is 0 Å². The van der Waals surface area contributed by atoms with Crippen LogP contribution >= 0.6 is 0 Å². The quantitative estimate of drug-likeness (QED) is 0.142. The molecule has 4 aromatic rings. The first-order chi connectivity index (χ1) is 19.8. The molecule has 4 aromatic carbocycles. The molecule has 0 saturated heterocycles. The molecule has 0 unspecified atom stereocenters. The van der Waals surface area contributed by atoms with E-state index in [1.165, 1.54) is 0 Å². The highest BCUT2D eigenvalue weighted by atomic mass is 19.2. The minimum Gasteiger partial charge on any atom is -0.505 e. The molecule has 0 bridgehead atoms. The van der Waals surface area contributed by atoms with Crippen LogP contribution in [0.3, 0.4) is 0 Å². The Bertz CT molecular complexity index is 1620. The molecule has 0 radical (unpaired) electrons. The predicted octanol–water partition coefficient (Wildman–Crippen LogP) is 5.13. The van der Waals surface area contributed by atoms with E-state index >= 15 is 30.7 Å². The molecule has 0 aliphatic heterocycles. The molecule has 0 heterocycles. The van der Waals surface area contributed by atoms with E-state index in [0.29, 0.717) is 0 Å². The average Bonchev–Trinajstić information content (AvgIpc) is 2.96. The van der Waals surface area contributed by atoms with Crippen LogP contribution in [0.5, 0.6) is 5.75 Å².